The summed E-state index contributed by atoms with van der Waals surface area (Å²) in [5.74, 6) is 2.01. The van der Waals surface area contributed by atoms with E-state index in [-0.39, 0.29) is 0 Å². The van der Waals surface area contributed by atoms with Crippen LogP contribution in [0.4, 0.5) is 0 Å². The van der Waals surface area contributed by atoms with Gasteiger partial charge in [0.05, 0.1) is 11.4 Å². The molecular weight excluding hydrogens is 336 g/mol. The first kappa shape index (κ1) is 24.4. The molecule has 1 aromatic carbocycles. The number of benzene rings is 1. The second-order valence-electron chi connectivity index (χ2n) is 6.45. The van der Waals surface area contributed by atoms with Gasteiger partial charge in [-0.2, -0.15) is 0 Å². The predicted molar refractivity (Wildman–Crippen MR) is 122 cm³/mol. The minimum absolute atomic E-state index is 0.566. The van der Waals surface area contributed by atoms with Crippen LogP contribution in [-0.4, -0.2) is 24.2 Å². The van der Waals surface area contributed by atoms with Gasteiger partial charge in [0.2, 0.25) is 0 Å². The third kappa shape index (κ3) is 13.7. The Kier molecular flexibility index (Phi) is 15.8. The highest BCUT2D eigenvalue weighted by molar-refractivity contribution is 8.04. The van der Waals surface area contributed by atoms with E-state index in [0.29, 0.717) is 5.71 Å². The SMILES string of the molecule is CCCC(C)C.CCCCSC1=CC(=N)C=CC1=NC.c1ccccc1. The van der Waals surface area contributed by atoms with E-state index >= 15 is 0 Å². The van der Waals surface area contributed by atoms with E-state index in [2.05, 4.69) is 32.7 Å². The summed E-state index contributed by atoms with van der Waals surface area (Å²) in [4.78, 5) is 5.32. The molecule has 0 spiro atoms. The molecule has 0 aliphatic heterocycles. The van der Waals surface area contributed by atoms with Gasteiger partial charge in [0, 0.05) is 12.0 Å². The highest BCUT2D eigenvalue weighted by Gasteiger charge is 2.08. The molecule has 0 amide bonds. The van der Waals surface area contributed by atoms with Crippen LogP contribution >= 0.6 is 11.8 Å². The van der Waals surface area contributed by atoms with E-state index in [9.17, 15) is 0 Å². The van der Waals surface area contributed by atoms with Crippen LogP contribution in [-0.2, 0) is 0 Å². The fourth-order valence-corrected chi connectivity index (χ4v) is 3.27. The minimum Gasteiger partial charge on any atom is -0.301 e. The van der Waals surface area contributed by atoms with Gasteiger partial charge in [-0.05, 0) is 36.3 Å². The Balaban J connectivity index is 0.000000429. The summed E-state index contributed by atoms with van der Waals surface area (Å²) in [6.45, 7) is 8.92. The van der Waals surface area contributed by atoms with Gasteiger partial charge in [0.1, 0.15) is 0 Å². The van der Waals surface area contributed by atoms with Crippen LogP contribution in [0.5, 0.6) is 0 Å². The highest BCUT2D eigenvalue weighted by Crippen LogP contribution is 2.22. The second kappa shape index (κ2) is 16.8. The first-order valence-electron chi connectivity index (χ1n) is 9.63. The van der Waals surface area contributed by atoms with Gasteiger partial charge in [0.15, 0.2) is 0 Å². The van der Waals surface area contributed by atoms with E-state index in [1.165, 1.54) is 25.7 Å². The lowest BCUT2D eigenvalue weighted by Crippen LogP contribution is -2.05. The Morgan fingerprint density at radius 1 is 0.962 bits per heavy atom. The Morgan fingerprint density at radius 3 is 1.92 bits per heavy atom. The molecule has 2 nitrogen and oxygen atoms in total. The van der Waals surface area contributed by atoms with Crippen LogP contribution in [0.3, 0.4) is 0 Å². The van der Waals surface area contributed by atoms with Gasteiger partial charge in [-0.25, -0.2) is 0 Å². The molecule has 0 fully saturated rings. The number of allylic oxidation sites excluding steroid dienone is 4. The Hall–Kier alpha value is -1.61. The molecule has 1 aliphatic carbocycles. The number of rotatable bonds is 6. The molecule has 0 saturated carbocycles. The molecule has 0 aromatic heterocycles. The van der Waals surface area contributed by atoms with Gasteiger partial charge in [0.25, 0.3) is 0 Å². The smallest absolute Gasteiger partial charge is 0.0708 e. The summed E-state index contributed by atoms with van der Waals surface area (Å²) in [6, 6.07) is 12.0. The van der Waals surface area contributed by atoms with Gasteiger partial charge in [-0.1, -0.05) is 83.4 Å². The monoisotopic (exact) mass is 372 g/mol. The first-order valence-corrected chi connectivity index (χ1v) is 10.6. The maximum absolute atomic E-state index is 7.53. The Labute approximate surface area is 165 Å². The van der Waals surface area contributed by atoms with E-state index in [0.717, 1.165) is 22.3 Å². The van der Waals surface area contributed by atoms with Crippen molar-refractivity contribution in [3.05, 3.63) is 59.5 Å². The minimum atomic E-state index is 0.566. The summed E-state index contributed by atoms with van der Waals surface area (Å²) >= 11 is 1.80. The molecule has 1 aliphatic rings. The van der Waals surface area contributed by atoms with Crippen molar-refractivity contribution in [1.82, 2.24) is 0 Å². The number of aliphatic imine (C=N–C) groups is 1. The van der Waals surface area contributed by atoms with Crippen LogP contribution in [0.2, 0.25) is 0 Å². The second-order valence-corrected chi connectivity index (χ2v) is 7.58. The lowest BCUT2D eigenvalue weighted by atomic mass is 10.1. The number of thioether (sulfide) groups is 1. The summed E-state index contributed by atoms with van der Waals surface area (Å²) in [7, 11) is 1.79. The van der Waals surface area contributed by atoms with Crippen LogP contribution in [0.25, 0.3) is 0 Å². The third-order valence-corrected chi connectivity index (χ3v) is 4.62. The molecule has 0 heterocycles. The number of unbranched alkanes of at least 4 members (excludes halogenated alkanes) is 1. The normalized spacial score (nSPS) is 14.3. The molecule has 0 saturated heterocycles. The average molecular weight is 373 g/mol. The summed E-state index contributed by atoms with van der Waals surface area (Å²) < 4.78 is 0. The highest BCUT2D eigenvalue weighted by atomic mass is 32.2. The van der Waals surface area contributed by atoms with E-state index in [1.54, 1.807) is 24.9 Å². The van der Waals surface area contributed by atoms with Crippen molar-refractivity contribution >= 4 is 23.2 Å². The number of nitrogens with zero attached hydrogens (tertiary/aromatic N) is 1. The van der Waals surface area contributed by atoms with E-state index < -0.39 is 0 Å². The molecule has 26 heavy (non-hydrogen) atoms. The van der Waals surface area contributed by atoms with Crippen LogP contribution in [0.15, 0.2) is 64.5 Å². The molecular formula is C23H36N2S. The predicted octanol–water partition coefficient (Wildman–Crippen LogP) is 7.19. The molecule has 2 rings (SSSR count). The van der Waals surface area contributed by atoms with Crippen LogP contribution in [0.1, 0.15) is 53.4 Å². The molecule has 1 N–H and O–H groups in total. The van der Waals surface area contributed by atoms with Gasteiger partial charge in [-0.3, -0.25) is 4.99 Å². The zero-order chi connectivity index (χ0) is 19.6. The quantitative estimate of drug-likeness (QED) is 0.416. The summed E-state index contributed by atoms with van der Waals surface area (Å²) in [5, 5.41) is 7.53. The first-order chi connectivity index (χ1) is 12.5. The maximum Gasteiger partial charge on any atom is 0.0708 e. The molecule has 1 aromatic rings. The molecule has 0 radical (unpaired) electrons. The molecule has 0 atom stereocenters. The lowest BCUT2D eigenvalue weighted by molar-refractivity contribution is 0.576. The third-order valence-electron chi connectivity index (χ3n) is 3.49. The molecule has 144 valence electrons. The zero-order valence-corrected chi connectivity index (χ0v) is 18.0. The van der Waals surface area contributed by atoms with Crippen LogP contribution < -0.4 is 0 Å². The fraction of sp³-hybridized carbons (Fsp3) is 0.478. The molecule has 0 unspecified atom stereocenters. The largest absolute Gasteiger partial charge is 0.301 e. The van der Waals surface area contributed by atoms with Crippen molar-refractivity contribution in [2.75, 3.05) is 12.8 Å². The van der Waals surface area contributed by atoms with Crippen molar-refractivity contribution in [3.63, 3.8) is 0 Å². The lowest BCUT2D eigenvalue weighted by Gasteiger charge is -2.10. The van der Waals surface area contributed by atoms with Crippen molar-refractivity contribution < 1.29 is 0 Å². The molecule has 0 bridgehead atoms. The summed E-state index contributed by atoms with van der Waals surface area (Å²) in [6.07, 6.45) is 10.7. The Bertz CT molecular complexity index is 530. The molecule has 3 heteroatoms. The van der Waals surface area contributed by atoms with Crippen molar-refractivity contribution in [2.24, 2.45) is 10.9 Å². The zero-order valence-electron chi connectivity index (χ0n) is 17.2. The van der Waals surface area contributed by atoms with Crippen molar-refractivity contribution in [2.45, 2.75) is 53.4 Å². The van der Waals surface area contributed by atoms with Crippen molar-refractivity contribution in [3.8, 4) is 0 Å². The average Bonchev–Trinajstić information content (AvgIpc) is 2.64. The number of nitrogens with one attached hydrogen (secondary N) is 1. The standard InChI is InChI=1S/C11H16N2S.C6H6.C6H14/c1-3-4-7-14-11-8-9(12)5-6-10(11)13-2;1-2-4-6-5-3-1;1-4-5-6(2)3/h5-6,8,12H,3-4,7H2,1-2H3;1-6H;6H,4-5H2,1-3H3. The van der Waals surface area contributed by atoms with Gasteiger partial charge < -0.3 is 5.41 Å². The summed E-state index contributed by atoms with van der Waals surface area (Å²) in [5.41, 5.74) is 1.57. The Morgan fingerprint density at radius 2 is 1.54 bits per heavy atom. The van der Waals surface area contributed by atoms with Gasteiger partial charge in [-0.15, -0.1) is 11.8 Å². The van der Waals surface area contributed by atoms with Crippen molar-refractivity contribution in [1.29, 1.82) is 5.41 Å². The fourth-order valence-electron chi connectivity index (χ4n) is 2.10. The van der Waals surface area contributed by atoms with E-state index in [1.807, 2.05) is 48.6 Å². The maximum atomic E-state index is 7.53. The number of hydrogen-bond acceptors (Lipinski definition) is 3. The van der Waals surface area contributed by atoms with Gasteiger partial charge >= 0.3 is 0 Å². The topological polar surface area (TPSA) is 36.2 Å². The van der Waals surface area contributed by atoms with Crippen LogP contribution in [0, 0.1) is 11.3 Å². The van der Waals surface area contributed by atoms with E-state index in [4.69, 9.17) is 5.41 Å². The number of hydrogen-bond donors (Lipinski definition) is 1.